The number of hydrogen-bond donors (Lipinski definition) is 1. The fourth-order valence-electron chi connectivity index (χ4n) is 3.39. The normalized spacial score (nSPS) is 23.8. The number of anilines is 1. The van der Waals surface area contributed by atoms with Crippen LogP contribution in [-0.4, -0.2) is 68.0 Å². The Labute approximate surface area is 149 Å². The van der Waals surface area contributed by atoms with Crippen molar-refractivity contribution in [2.75, 3.05) is 43.0 Å². The zero-order chi connectivity index (χ0) is 18.9. The summed E-state index contributed by atoms with van der Waals surface area (Å²) in [5.41, 5.74) is -1.16. The number of sulfone groups is 1. The molecule has 26 heavy (non-hydrogen) atoms. The second-order valence-electron chi connectivity index (χ2n) is 6.55. The Kier molecular flexibility index (Phi) is 5.16. The fraction of sp³-hybridized carbons (Fsp3) is 0.562. The Morgan fingerprint density at radius 1 is 1.12 bits per heavy atom. The fourth-order valence-corrected chi connectivity index (χ4v) is 5.15. The number of rotatable bonds is 2. The van der Waals surface area contributed by atoms with Gasteiger partial charge in [-0.25, -0.2) is 13.2 Å². The molecule has 1 aromatic carbocycles. The van der Waals surface area contributed by atoms with Crippen molar-refractivity contribution in [3.05, 3.63) is 29.8 Å². The zero-order valence-corrected chi connectivity index (χ0v) is 14.8. The molecular weight excluding hydrogens is 371 g/mol. The van der Waals surface area contributed by atoms with Crippen molar-refractivity contribution >= 4 is 21.6 Å². The maximum atomic E-state index is 13.0. The number of halogens is 3. The van der Waals surface area contributed by atoms with E-state index in [0.29, 0.717) is 32.6 Å². The van der Waals surface area contributed by atoms with Crippen molar-refractivity contribution in [1.82, 2.24) is 9.80 Å². The number of alkyl halides is 3. The minimum atomic E-state index is -4.55. The molecule has 10 heteroatoms. The van der Waals surface area contributed by atoms with Crippen LogP contribution < -0.4 is 5.32 Å². The molecule has 1 atom stereocenters. The van der Waals surface area contributed by atoms with Crippen LogP contribution in [0.1, 0.15) is 12.0 Å². The minimum Gasteiger partial charge on any atom is -0.322 e. The Hall–Kier alpha value is -1.81. The molecule has 2 saturated heterocycles. The van der Waals surface area contributed by atoms with Gasteiger partial charge in [0, 0.05) is 32.2 Å². The van der Waals surface area contributed by atoms with Gasteiger partial charge in [-0.2, -0.15) is 13.2 Å². The minimum absolute atomic E-state index is 0.0313. The lowest BCUT2D eigenvalue weighted by molar-refractivity contribution is -0.136. The molecule has 0 aromatic heterocycles. The van der Waals surface area contributed by atoms with Gasteiger partial charge in [0.25, 0.3) is 0 Å². The molecular formula is C16H20F3N3O3S. The summed E-state index contributed by atoms with van der Waals surface area (Å²) >= 11 is 0. The Morgan fingerprint density at radius 3 is 2.35 bits per heavy atom. The first-order valence-corrected chi connectivity index (χ1v) is 10.1. The van der Waals surface area contributed by atoms with Crippen molar-refractivity contribution in [1.29, 1.82) is 0 Å². The highest BCUT2D eigenvalue weighted by atomic mass is 32.2. The Morgan fingerprint density at radius 2 is 1.77 bits per heavy atom. The van der Waals surface area contributed by atoms with Crippen molar-refractivity contribution in [2.24, 2.45) is 0 Å². The first kappa shape index (κ1) is 19.0. The van der Waals surface area contributed by atoms with Crippen LogP contribution >= 0.6 is 0 Å². The Bertz CT molecular complexity index is 774. The summed E-state index contributed by atoms with van der Waals surface area (Å²) in [6, 6.07) is 4.24. The van der Waals surface area contributed by atoms with E-state index in [1.165, 1.54) is 23.1 Å². The molecule has 0 bridgehead atoms. The van der Waals surface area contributed by atoms with E-state index >= 15 is 0 Å². The summed E-state index contributed by atoms with van der Waals surface area (Å²) in [6.07, 6.45) is -3.95. The van der Waals surface area contributed by atoms with E-state index in [4.69, 9.17) is 0 Å². The molecule has 2 amide bonds. The van der Waals surface area contributed by atoms with Crippen LogP contribution in [0.15, 0.2) is 24.3 Å². The number of hydrogen-bond acceptors (Lipinski definition) is 4. The van der Waals surface area contributed by atoms with Gasteiger partial charge in [-0.15, -0.1) is 0 Å². The SMILES string of the molecule is O=C(Nc1ccccc1C(F)(F)F)N1CCN(C2CCS(=O)(=O)C2)CC1. The lowest BCUT2D eigenvalue weighted by Crippen LogP contribution is -2.53. The van der Waals surface area contributed by atoms with E-state index in [-0.39, 0.29) is 23.2 Å². The second-order valence-corrected chi connectivity index (χ2v) is 8.78. The lowest BCUT2D eigenvalue weighted by atomic mass is 10.1. The topological polar surface area (TPSA) is 69.7 Å². The van der Waals surface area contributed by atoms with E-state index in [2.05, 4.69) is 5.32 Å². The monoisotopic (exact) mass is 391 g/mol. The number of urea groups is 1. The van der Waals surface area contributed by atoms with E-state index in [1.807, 2.05) is 4.90 Å². The average Bonchev–Trinajstić information content (AvgIpc) is 2.94. The maximum absolute atomic E-state index is 13.0. The highest BCUT2D eigenvalue weighted by Gasteiger charge is 2.36. The van der Waals surface area contributed by atoms with E-state index < -0.39 is 27.6 Å². The Balaban J connectivity index is 1.58. The number of benzene rings is 1. The lowest BCUT2D eigenvalue weighted by Gasteiger charge is -2.37. The smallest absolute Gasteiger partial charge is 0.322 e. The van der Waals surface area contributed by atoms with Crippen LogP contribution in [0.5, 0.6) is 0 Å². The molecule has 144 valence electrons. The largest absolute Gasteiger partial charge is 0.418 e. The van der Waals surface area contributed by atoms with E-state index in [1.54, 1.807) is 0 Å². The summed E-state index contributed by atoms with van der Waals surface area (Å²) in [5.74, 6) is 0.324. The first-order valence-electron chi connectivity index (χ1n) is 8.32. The van der Waals surface area contributed by atoms with Crippen LogP contribution in [0.25, 0.3) is 0 Å². The number of para-hydroxylation sites is 1. The molecule has 0 spiro atoms. The number of nitrogens with zero attached hydrogens (tertiary/aromatic N) is 2. The van der Waals surface area contributed by atoms with Gasteiger partial charge in [-0.3, -0.25) is 4.90 Å². The van der Waals surface area contributed by atoms with Crippen molar-refractivity contribution in [2.45, 2.75) is 18.6 Å². The number of nitrogens with one attached hydrogen (secondary N) is 1. The molecule has 0 aliphatic carbocycles. The quantitative estimate of drug-likeness (QED) is 0.838. The molecule has 1 aromatic rings. The van der Waals surface area contributed by atoms with Crippen molar-refractivity contribution < 1.29 is 26.4 Å². The number of carbonyl (C=O) groups is 1. The molecule has 0 saturated carbocycles. The van der Waals surface area contributed by atoms with Crippen molar-refractivity contribution in [3.63, 3.8) is 0 Å². The molecule has 3 rings (SSSR count). The molecule has 2 aliphatic rings. The average molecular weight is 391 g/mol. The summed E-state index contributed by atoms with van der Waals surface area (Å²) in [7, 11) is -2.98. The van der Waals surface area contributed by atoms with Crippen LogP contribution in [0, 0.1) is 0 Å². The van der Waals surface area contributed by atoms with Gasteiger partial charge in [0.1, 0.15) is 0 Å². The molecule has 6 nitrogen and oxygen atoms in total. The molecule has 2 heterocycles. The summed E-state index contributed by atoms with van der Waals surface area (Å²) < 4.78 is 62.2. The van der Waals surface area contributed by atoms with Crippen LogP contribution in [-0.2, 0) is 16.0 Å². The maximum Gasteiger partial charge on any atom is 0.418 e. The van der Waals surface area contributed by atoms with Crippen LogP contribution in [0.2, 0.25) is 0 Å². The first-order chi connectivity index (χ1) is 12.2. The number of carbonyl (C=O) groups excluding carboxylic acids is 1. The molecule has 1 N–H and O–H groups in total. The van der Waals surface area contributed by atoms with Crippen molar-refractivity contribution in [3.8, 4) is 0 Å². The summed E-state index contributed by atoms with van der Waals surface area (Å²) in [5, 5.41) is 2.34. The van der Waals surface area contributed by atoms with Gasteiger partial charge in [-0.05, 0) is 18.6 Å². The van der Waals surface area contributed by atoms with Gasteiger partial charge in [-0.1, -0.05) is 12.1 Å². The third-order valence-corrected chi connectivity index (χ3v) is 6.55. The standard InChI is InChI=1S/C16H20F3N3O3S/c17-16(18,19)13-3-1-2-4-14(13)20-15(23)22-8-6-21(7-9-22)12-5-10-26(24,25)11-12/h1-4,12H,5-11H2,(H,20,23). The van der Waals surface area contributed by atoms with E-state index in [9.17, 15) is 26.4 Å². The van der Waals surface area contributed by atoms with Gasteiger partial charge in [0.15, 0.2) is 9.84 Å². The highest BCUT2D eigenvalue weighted by Crippen LogP contribution is 2.34. The van der Waals surface area contributed by atoms with Gasteiger partial charge in [0.05, 0.1) is 22.8 Å². The predicted molar refractivity (Wildman–Crippen MR) is 90.7 cm³/mol. The van der Waals surface area contributed by atoms with Gasteiger partial charge >= 0.3 is 12.2 Å². The number of piperazine rings is 1. The third-order valence-electron chi connectivity index (χ3n) is 4.80. The van der Waals surface area contributed by atoms with E-state index in [0.717, 1.165) is 6.07 Å². The van der Waals surface area contributed by atoms with Gasteiger partial charge < -0.3 is 10.2 Å². The summed E-state index contributed by atoms with van der Waals surface area (Å²) in [4.78, 5) is 15.8. The molecule has 2 fully saturated rings. The highest BCUT2D eigenvalue weighted by molar-refractivity contribution is 7.91. The van der Waals surface area contributed by atoms with Crippen LogP contribution in [0.4, 0.5) is 23.7 Å². The summed E-state index contributed by atoms with van der Waals surface area (Å²) in [6.45, 7) is 1.70. The third kappa shape index (κ3) is 4.29. The predicted octanol–water partition coefficient (Wildman–Crippen LogP) is 2.04. The molecule has 0 radical (unpaired) electrons. The molecule has 1 unspecified atom stereocenters. The molecule has 2 aliphatic heterocycles. The second kappa shape index (κ2) is 7.07. The van der Waals surface area contributed by atoms with Crippen LogP contribution in [0.3, 0.4) is 0 Å². The zero-order valence-electron chi connectivity index (χ0n) is 14.0. The number of amides is 2. The van der Waals surface area contributed by atoms with Gasteiger partial charge in [0.2, 0.25) is 0 Å².